The molecule has 2 aromatic heterocycles. The van der Waals surface area contributed by atoms with Gasteiger partial charge in [-0.1, -0.05) is 6.92 Å². The highest BCUT2D eigenvalue weighted by Gasteiger charge is 2.12. The number of nitrogens with zero attached hydrogens (tertiary/aromatic N) is 2. The Kier molecular flexibility index (Phi) is 3.54. The number of H-pyrrole nitrogens is 1. The predicted molar refractivity (Wildman–Crippen MR) is 60.5 cm³/mol. The van der Waals surface area contributed by atoms with Crippen LogP contribution in [-0.4, -0.2) is 27.6 Å². The largest absolute Gasteiger partial charge is 0.469 e. The van der Waals surface area contributed by atoms with Crippen LogP contribution in [0.3, 0.4) is 0 Å². The molecule has 2 aromatic rings. The van der Waals surface area contributed by atoms with Gasteiger partial charge in [0.25, 0.3) is 5.91 Å². The Morgan fingerprint density at radius 3 is 3.18 bits per heavy atom. The van der Waals surface area contributed by atoms with Crippen LogP contribution in [0.1, 0.15) is 28.9 Å². The van der Waals surface area contributed by atoms with Gasteiger partial charge in [0, 0.05) is 19.4 Å². The number of furan rings is 1. The van der Waals surface area contributed by atoms with Crippen molar-refractivity contribution in [2.45, 2.75) is 19.8 Å². The Labute approximate surface area is 98.4 Å². The van der Waals surface area contributed by atoms with Crippen molar-refractivity contribution in [1.82, 2.24) is 20.5 Å². The molecule has 0 spiro atoms. The van der Waals surface area contributed by atoms with Crippen LogP contribution in [0.2, 0.25) is 0 Å². The Bertz CT molecular complexity index is 475. The minimum absolute atomic E-state index is 0.116. The van der Waals surface area contributed by atoms with Gasteiger partial charge in [-0.2, -0.15) is 5.10 Å². The van der Waals surface area contributed by atoms with E-state index in [0.717, 1.165) is 5.82 Å². The molecule has 0 aliphatic rings. The second-order valence-corrected chi connectivity index (χ2v) is 3.55. The minimum Gasteiger partial charge on any atom is -0.469 e. The summed E-state index contributed by atoms with van der Waals surface area (Å²) in [5, 5.41) is 9.28. The highest BCUT2D eigenvalue weighted by atomic mass is 16.3. The molecule has 0 unspecified atom stereocenters. The van der Waals surface area contributed by atoms with Gasteiger partial charge in [0.1, 0.15) is 17.9 Å². The van der Waals surface area contributed by atoms with Crippen LogP contribution in [0, 0.1) is 0 Å². The number of hydrogen-bond acceptors (Lipinski definition) is 4. The number of hydrogen-bond donors (Lipinski definition) is 2. The first-order valence-corrected chi connectivity index (χ1v) is 5.50. The number of rotatable bonds is 5. The van der Waals surface area contributed by atoms with Gasteiger partial charge >= 0.3 is 0 Å². The van der Waals surface area contributed by atoms with Crippen molar-refractivity contribution in [3.8, 4) is 0 Å². The van der Waals surface area contributed by atoms with Crippen LogP contribution in [-0.2, 0) is 12.8 Å². The molecule has 2 heterocycles. The van der Waals surface area contributed by atoms with Crippen LogP contribution in [0.15, 0.2) is 23.1 Å². The first-order valence-electron chi connectivity index (χ1n) is 5.50. The Morgan fingerprint density at radius 2 is 2.47 bits per heavy atom. The zero-order valence-electron chi connectivity index (χ0n) is 9.56. The lowest BCUT2D eigenvalue weighted by atomic mass is 10.2. The van der Waals surface area contributed by atoms with E-state index in [-0.39, 0.29) is 5.91 Å². The van der Waals surface area contributed by atoms with Crippen LogP contribution < -0.4 is 5.32 Å². The van der Waals surface area contributed by atoms with Gasteiger partial charge in [-0.25, -0.2) is 4.98 Å². The van der Waals surface area contributed by atoms with E-state index in [4.69, 9.17) is 4.42 Å². The number of carbonyl (C=O) groups is 1. The second kappa shape index (κ2) is 5.29. The SMILES string of the molecule is CCc1occc1C(=O)NCCc1ncn[nH]1. The fourth-order valence-corrected chi connectivity index (χ4v) is 1.56. The molecule has 0 aliphatic carbocycles. The van der Waals surface area contributed by atoms with Gasteiger partial charge in [-0.15, -0.1) is 0 Å². The van der Waals surface area contributed by atoms with Crippen molar-refractivity contribution in [3.63, 3.8) is 0 Å². The van der Waals surface area contributed by atoms with E-state index in [2.05, 4.69) is 20.5 Å². The molecule has 17 heavy (non-hydrogen) atoms. The number of aromatic nitrogens is 3. The normalized spacial score (nSPS) is 10.4. The summed E-state index contributed by atoms with van der Waals surface area (Å²) in [5.41, 5.74) is 0.602. The van der Waals surface area contributed by atoms with Crippen molar-refractivity contribution in [2.24, 2.45) is 0 Å². The number of aromatic amines is 1. The first kappa shape index (κ1) is 11.4. The van der Waals surface area contributed by atoms with Crippen LogP contribution in [0.5, 0.6) is 0 Å². The highest BCUT2D eigenvalue weighted by Crippen LogP contribution is 2.10. The lowest BCUT2D eigenvalue weighted by molar-refractivity contribution is 0.0952. The number of carbonyl (C=O) groups excluding carboxylic acids is 1. The van der Waals surface area contributed by atoms with Crippen molar-refractivity contribution < 1.29 is 9.21 Å². The maximum atomic E-state index is 11.8. The summed E-state index contributed by atoms with van der Waals surface area (Å²) in [6.45, 7) is 2.46. The molecule has 0 aromatic carbocycles. The lowest BCUT2D eigenvalue weighted by Crippen LogP contribution is -2.26. The van der Waals surface area contributed by atoms with Gasteiger partial charge in [0.15, 0.2) is 0 Å². The third kappa shape index (κ3) is 2.72. The average molecular weight is 234 g/mol. The van der Waals surface area contributed by atoms with Gasteiger partial charge in [0.05, 0.1) is 11.8 Å². The molecule has 6 nitrogen and oxygen atoms in total. The zero-order valence-corrected chi connectivity index (χ0v) is 9.56. The molecule has 90 valence electrons. The monoisotopic (exact) mass is 234 g/mol. The van der Waals surface area contributed by atoms with Crippen molar-refractivity contribution >= 4 is 5.91 Å². The third-order valence-corrected chi connectivity index (χ3v) is 2.42. The molecule has 0 radical (unpaired) electrons. The van der Waals surface area contributed by atoms with Gasteiger partial charge in [-0.3, -0.25) is 9.89 Å². The Hall–Kier alpha value is -2.11. The molecule has 0 saturated carbocycles. The Morgan fingerprint density at radius 1 is 1.59 bits per heavy atom. The molecule has 0 saturated heterocycles. The first-order chi connectivity index (χ1) is 8.31. The molecular formula is C11H14N4O2. The maximum Gasteiger partial charge on any atom is 0.254 e. The van der Waals surface area contributed by atoms with Gasteiger partial charge < -0.3 is 9.73 Å². The van der Waals surface area contributed by atoms with Gasteiger partial charge in [0.2, 0.25) is 0 Å². The van der Waals surface area contributed by atoms with Crippen LogP contribution in [0.4, 0.5) is 0 Å². The van der Waals surface area contributed by atoms with Crippen LogP contribution >= 0.6 is 0 Å². The lowest BCUT2D eigenvalue weighted by Gasteiger charge is -2.03. The molecule has 0 fully saturated rings. The summed E-state index contributed by atoms with van der Waals surface area (Å²) >= 11 is 0. The second-order valence-electron chi connectivity index (χ2n) is 3.55. The minimum atomic E-state index is -0.116. The van der Waals surface area contributed by atoms with Gasteiger partial charge in [-0.05, 0) is 6.07 Å². The average Bonchev–Trinajstić information content (AvgIpc) is 2.99. The molecule has 6 heteroatoms. The Balaban J connectivity index is 1.85. The summed E-state index contributed by atoms with van der Waals surface area (Å²) in [6, 6.07) is 1.68. The van der Waals surface area contributed by atoms with E-state index in [1.54, 1.807) is 6.07 Å². The maximum absolute atomic E-state index is 11.8. The van der Waals surface area contributed by atoms with E-state index in [1.807, 2.05) is 6.92 Å². The van der Waals surface area contributed by atoms with Crippen molar-refractivity contribution in [3.05, 3.63) is 35.8 Å². The van der Waals surface area contributed by atoms with Crippen LogP contribution in [0.25, 0.3) is 0 Å². The summed E-state index contributed by atoms with van der Waals surface area (Å²) in [5.74, 6) is 1.35. The molecule has 1 amide bonds. The summed E-state index contributed by atoms with van der Waals surface area (Å²) in [4.78, 5) is 15.8. The third-order valence-electron chi connectivity index (χ3n) is 2.42. The smallest absolute Gasteiger partial charge is 0.254 e. The fourth-order valence-electron chi connectivity index (χ4n) is 1.56. The van der Waals surface area contributed by atoms with Crippen molar-refractivity contribution in [2.75, 3.05) is 6.54 Å². The summed E-state index contributed by atoms with van der Waals surface area (Å²) in [6.07, 6.45) is 4.32. The molecule has 2 N–H and O–H groups in total. The standard InChI is InChI=1S/C11H14N4O2/c1-2-9-8(4-6-17-9)11(16)12-5-3-10-13-7-14-15-10/h4,6-7H,2-3,5H2,1H3,(H,12,16)(H,13,14,15). The predicted octanol–water partition coefficient (Wildman–Crippen LogP) is 0.933. The topological polar surface area (TPSA) is 83.8 Å². The zero-order chi connectivity index (χ0) is 12.1. The van der Waals surface area contributed by atoms with E-state index in [9.17, 15) is 4.79 Å². The van der Waals surface area contributed by atoms with E-state index >= 15 is 0 Å². The van der Waals surface area contributed by atoms with E-state index in [1.165, 1.54) is 12.6 Å². The molecule has 0 bridgehead atoms. The van der Waals surface area contributed by atoms with E-state index < -0.39 is 0 Å². The quantitative estimate of drug-likeness (QED) is 0.806. The summed E-state index contributed by atoms with van der Waals surface area (Å²) < 4.78 is 5.20. The molecular weight excluding hydrogens is 220 g/mol. The highest BCUT2D eigenvalue weighted by molar-refractivity contribution is 5.95. The van der Waals surface area contributed by atoms with E-state index in [0.29, 0.717) is 30.7 Å². The summed E-state index contributed by atoms with van der Waals surface area (Å²) in [7, 11) is 0. The number of amides is 1. The van der Waals surface area contributed by atoms with Crippen molar-refractivity contribution in [1.29, 1.82) is 0 Å². The molecule has 2 rings (SSSR count). The fraction of sp³-hybridized carbons (Fsp3) is 0.364. The number of nitrogens with one attached hydrogen (secondary N) is 2. The molecule has 0 aliphatic heterocycles. The molecule has 0 atom stereocenters. The number of aryl methyl sites for hydroxylation is 1.